The summed E-state index contributed by atoms with van der Waals surface area (Å²) >= 11 is 5.36. The molecule has 1 aromatic carbocycles. The molecule has 0 amide bonds. The molecule has 4 heteroatoms. The topological polar surface area (TPSA) is 35.5 Å². The molecule has 0 aliphatic heterocycles. The van der Waals surface area contributed by atoms with Gasteiger partial charge in [0.05, 0.1) is 19.3 Å². The van der Waals surface area contributed by atoms with Gasteiger partial charge in [0.2, 0.25) is 0 Å². The lowest BCUT2D eigenvalue weighted by atomic mass is 10.2. The molecule has 0 bridgehead atoms. The minimum Gasteiger partial charge on any atom is -0.496 e. The van der Waals surface area contributed by atoms with E-state index in [4.69, 9.17) is 21.1 Å². The summed E-state index contributed by atoms with van der Waals surface area (Å²) < 4.78 is 10.3. The Labute approximate surface area is 87.6 Å². The van der Waals surface area contributed by atoms with Crippen LogP contribution in [0.15, 0.2) is 18.2 Å². The predicted molar refractivity (Wildman–Crippen MR) is 54.3 cm³/mol. The number of hydrogen-bond acceptors (Lipinski definition) is 3. The summed E-state index contributed by atoms with van der Waals surface area (Å²) in [6, 6.07) is 4.90. The molecule has 0 atom stereocenters. The molecule has 0 spiro atoms. The molecule has 76 valence electrons. The number of benzene rings is 1. The van der Waals surface area contributed by atoms with Crippen LogP contribution < -0.4 is 9.47 Å². The van der Waals surface area contributed by atoms with Gasteiger partial charge in [-0.3, -0.25) is 4.79 Å². The summed E-state index contributed by atoms with van der Waals surface area (Å²) in [7, 11) is 1.48. The summed E-state index contributed by atoms with van der Waals surface area (Å²) in [5, 5.41) is -0.537. The zero-order valence-electron chi connectivity index (χ0n) is 8.04. The molecule has 14 heavy (non-hydrogen) atoms. The van der Waals surface area contributed by atoms with E-state index in [0.29, 0.717) is 23.7 Å². The fourth-order valence-electron chi connectivity index (χ4n) is 1.09. The van der Waals surface area contributed by atoms with Crippen molar-refractivity contribution in [2.24, 2.45) is 0 Å². The van der Waals surface area contributed by atoms with E-state index in [1.807, 2.05) is 6.92 Å². The molecular weight excluding hydrogens is 204 g/mol. The summed E-state index contributed by atoms with van der Waals surface area (Å²) in [4.78, 5) is 10.9. The van der Waals surface area contributed by atoms with Crippen LogP contribution in [0.5, 0.6) is 11.5 Å². The molecule has 0 aliphatic rings. The van der Waals surface area contributed by atoms with Crippen molar-refractivity contribution < 1.29 is 14.3 Å². The molecular formula is C10H11ClO3. The van der Waals surface area contributed by atoms with Crippen LogP contribution >= 0.6 is 11.6 Å². The molecule has 0 N–H and O–H groups in total. The molecule has 0 unspecified atom stereocenters. The quantitative estimate of drug-likeness (QED) is 0.723. The van der Waals surface area contributed by atoms with E-state index in [1.54, 1.807) is 18.2 Å². The van der Waals surface area contributed by atoms with Crippen molar-refractivity contribution in [2.75, 3.05) is 13.7 Å². The lowest BCUT2D eigenvalue weighted by molar-refractivity contribution is 0.107. The van der Waals surface area contributed by atoms with Crippen LogP contribution in [-0.4, -0.2) is 19.0 Å². The average Bonchev–Trinajstić information content (AvgIpc) is 2.17. The first-order valence-electron chi connectivity index (χ1n) is 4.19. The summed E-state index contributed by atoms with van der Waals surface area (Å²) in [5.74, 6) is 1.09. The molecule has 1 rings (SSSR count). The first-order chi connectivity index (χ1) is 6.69. The van der Waals surface area contributed by atoms with Crippen molar-refractivity contribution >= 4 is 16.8 Å². The Balaban J connectivity index is 3.05. The van der Waals surface area contributed by atoms with Gasteiger partial charge in [0, 0.05) is 6.07 Å². The number of rotatable bonds is 4. The molecule has 0 heterocycles. The van der Waals surface area contributed by atoms with Gasteiger partial charge < -0.3 is 9.47 Å². The monoisotopic (exact) mass is 214 g/mol. The van der Waals surface area contributed by atoms with E-state index in [0.717, 1.165) is 0 Å². The van der Waals surface area contributed by atoms with Gasteiger partial charge in [-0.1, -0.05) is 0 Å². The second-order valence-corrected chi connectivity index (χ2v) is 2.91. The fourth-order valence-corrected chi connectivity index (χ4v) is 1.25. The van der Waals surface area contributed by atoms with Crippen molar-refractivity contribution in [1.82, 2.24) is 0 Å². The molecule has 3 nitrogen and oxygen atoms in total. The van der Waals surface area contributed by atoms with Gasteiger partial charge in [-0.2, -0.15) is 0 Å². The van der Waals surface area contributed by atoms with Crippen LogP contribution in [0.3, 0.4) is 0 Å². The van der Waals surface area contributed by atoms with Gasteiger partial charge >= 0.3 is 0 Å². The van der Waals surface area contributed by atoms with Crippen molar-refractivity contribution in [1.29, 1.82) is 0 Å². The highest BCUT2D eigenvalue weighted by Crippen LogP contribution is 2.25. The van der Waals surface area contributed by atoms with Gasteiger partial charge in [-0.25, -0.2) is 0 Å². The van der Waals surface area contributed by atoms with Gasteiger partial charge in [-0.15, -0.1) is 0 Å². The number of carbonyl (C=O) groups is 1. The van der Waals surface area contributed by atoms with Crippen molar-refractivity contribution in [2.45, 2.75) is 6.92 Å². The van der Waals surface area contributed by atoms with Crippen molar-refractivity contribution in [3.63, 3.8) is 0 Å². The number of hydrogen-bond donors (Lipinski definition) is 0. The van der Waals surface area contributed by atoms with E-state index in [9.17, 15) is 4.79 Å². The minimum absolute atomic E-state index is 0.345. The third-order valence-corrected chi connectivity index (χ3v) is 1.90. The Hall–Kier alpha value is -1.22. The normalized spacial score (nSPS) is 9.64. The summed E-state index contributed by atoms with van der Waals surface area (Å²) in [6.45, 7) is 2.45. The maximum Gasteiger partial charge on any atom is 0.256 e. The van der Waals surface area contributed by atoms with Gasteiger partial charge in [0.1, 0.15) is 11.5 Å². The molecule has 0 radical (unpaired) electrons. The highest BCUT2D eigenvalue weighted by Gasteiger charge is 2.10. The van der Waals surface area contributed by atoms with Gasteiger partial charge in [-0.05, 0) is 30.7 Å². The SMILES string of the molecule is CCOc1ccc(C(=O)Cl)c(OC)c1. The molecule has 0 fully saturated rings. The van der Waals surface area contributed by atoms with Crippen LogP contribution in [0.25, 0.3) is 0 Å². The highest BCUT2D eigenvalue weighted by molar-refractivity contribution is 6.68. The maximum absolute atomic E-state index is 10.9. The summed E-state index contributed by atoms with van der Waals surface area (Å²) in [6.07, 6.45) is 0. The van der Waals surface area contributed by atoms with Crippen molar-refractivity contribution in [3.05, 3.63) is 23.8 Å². The largest absolute Gasteiger partial charge is 0.496 e. The minimum atomic E-state index is -0.537. The van der Waals surface area contributed by atoms with E-state index >= 15 is 0 Å². The first-order valence-corrected chi connectivity index (χ1v) is 4.57. The highest BCUT2D eigenvalue weighted by atomic mass is 35.5. The Morgan fingerprint density at radius 1 is 1.50 bits per heavy atom. The van der Waals surface area contributed by atoms with Crippen LogP contribution in [0.2, 0.25) is 0 Å². The summed E-state index contributed by atoms with van der Waals surface area (Å²) in [5.41, 5.74) is 0.345. The zero-order chi connectivity index (χ0) is 10.6. The standard InChI is InChI=1S/C10H11ClO3/c1-3-14-7-4-5-8(10(11)12)9(6-7)13-2/h4-6H,3H2,1-2H3. The lowest BCUT2D eigenvalue weighted by Crippen LogP contribution is -1.97. The van der Waals surface area contributed by atoms with Gasteiger partial charge in [0.25, 0.3) is 5.24 Å². The third-order valence-electron chi connectivity index (χ3n) is 1.70. The van der Waals surface area contributed by atoms with E-state index in [-0.39, 0.29) is 0 Å². The van der Waals surface area contributed by atoms with Crippen LogP contribution in [-0.2, 0) is 0 Å². The van der Waals surface area contributed by atoms with Crippen molar-refractivity contribution in [3.8, 4) is 11.5 Å². The predicted octanol–water partition coefficient (Wildman–Crippen LogP) is 2.47. The van der Waals surface area contributed by atoms with Crippen LogP contribution in [0.4, 0.5) is 0 Å². The van der Waals surface area contributed by atoms with Gasteiger partial charge in [0.15, 0.2) is 0 Å². The Morgan fingerprint density at radius 2 is 2.21 bits per heavy atom. The van der Waals surface area contributed by atoms with E-state index in [2.05, 4.69) is 0 Å². The lowest BCUT2D eigenvalue weighted by Gasteiger charge is -2.07. The molecule has 0 aromatic heterocycles. The van der Waals surface area contributed by atoms with E-state index < -0.39 is 5.24 Å². The number of ether oxygens (including phenoxy) is 2. The molecule has 0 saturated heterocycles. The van der Waals surface area contributed by atoms with Crippen LogP contribution in [0, 0.1) is 0 Å². The average molecular weight is 215 g/mol. The second kappa shape index (κ2) is 4.86. The van der Waals surface area contributed by atoms with Crippen LogP contribution in [0.1, 0.15) is 17.3 Å². The molecule has 0 aliphatic carbocycles. The molecule has 1 aromatic rings. The Morgan fingerprint density at radius 3 is 2.71 bits per heavy atom. The first kappa shape index (κ1) is 10.9. The van der Waals surface area contributed by atoms with E-state index in [1.165, 1.54) is 7.11 Å². The smallest absolute Gasteiger partial charge is 0.256 e. The Bertz CT molecular complexity index is 336. The number of halogens is 1. The fraction of sp³-hybridized carbons (Fsp3) is 0.300. The Kier molecular flexibility index (Phi) is 3.77. The number of carbonyl (C=O) groups excluding carboxylic acids is 1. The second-order valence-electron chi connectivity index (χ2n) is 2.57. The number of methoxy groups -OCH3 is 1. The zero-order valence-corrected chi connectivity index (χ0v) is 8.80. The maximum atomic E-state index is 10.9. The molecule has 0 saturated carbocycles. The third kappa shape index (κ3) is 2.39.